The number of piperazine rings is 1. The van der Waals surface area contributed by atoms with Crippen LogP contribution in [0.15, 0.2) is 96.4 Å². The van der Waals surface area contributed by atoms with Gasteiger partial charge in [-0.25, -0.2) is 4.39 Å². The molecule has 1 aliphatic heterocycles. The molecule has 4 N–H and O–H groups in total. The zero-order chi connectivity index (χ0) is 24.3. The molecular formula is C28H31FN4O2S. The van der Waals surface area contributed by atoms with Crippen LogP contribution in [0.2, 0.25) is 0 Å². The van der Waals surface area contributed by atoms with Gasteiger partial charge >= 0.3 is 0 Å². The van der Waals surface area contributed by atoms with Crippen LogP contribution < -0.4 is 10.2 Å². The summed E-state index contributed by atoms with van der Waals surface area (Å²) in [5.74, 6) is -0.187. The van der Waals surface area contributed by atoms with E-state index in [-0.39, 0.29) is 11.3 Å². The number of aryl methyl sites for hydroxylation is 2. The van der Waals surface area contributed by atoms with Crippen LogP contribution in [0.4, 0.5) is 10.1 Å². The topological polar surface area (TPSA) is 92.8 Å². The maximum Gasteiger partial charge on any atom is 0.124 e. The molecule has 3 heterocycles. The first-order valence-electron chi connectivity index (χ1n) is 11.7. The number of hydrogen-bond donors (Lipinski definition) is 2. The zero-order valence-corrected chi connectivity index (χ0v) is 20.8. The average Bonchev–Trinajstić information content (AvgIpc) is 2.94. The standard InChI is InChI=1S/C23H24FN3.C5H5NOS.H2O/c24-22-16-19(15-21(17-22)20-7-9-25-10-8-20)2-1-18-3-5-23(6-4-18)27-13-11-26-12-14-27;7-8-5-2-1-3-6-4-5;/h3-10,15-17,26H,1-2,11-14H2;1-4,7H;1H2. The van der Waals surface area contributed by atoms with Gasteiger partial charge in [0.1, 0.15) is 5.82 Å². The van der Waals surface area contributed by atoms with Crippen LogP contribution in [0.1, 0.15) is 11.1 Å². The van der Waals surface area contributed by atoms with Gasteiger partial charge in [0.05, 0.1) is 4.90 Å². The average molecular weight is 507 g/mol. The number of nitrogens with one attached hydrogen (secondary N) is 1. The molecular weight excluding hydrogens is 475 g/mol. The monoisotopic (exact) mass is 506 g/mol. The molecule has 188 valence electrons. The molecule has 8 heteroatoms. The summed E-state index contributed by atoms with van der Waals surface area (Å²) in [6.45, 7) is 4.20. The molecule has 36 heavy (non-hydrogen) atoms. The largest absolute Gasteiger partial charge is 0.412 e. The molecule has 2 aromatic carbocycles. The third kappa shape index (κ3) is 8.13. The van der Waals surface area contributed by atoms with Gasteiger partial charge in [0.2, 0.25) is 0 Å². The minimum Gasteiger partial charge on any atom is -0.412 e. The van der Waals surface area contributed by atoms with Gasteiger partial charge in [0.15, 0.2) is 0 Å². The normalized spacial score (nSPS) is 12.8. The maximum absolute atomic E-state index is 14.1. The molecule has 5 rings (SSSR count). The Labute approximate surface area is 215 Å². The first-order chi connectivity index (χ1) is 17.2. The Bertz CT molecular complexity index is 1180. The van der Waals surface area contributed by atoms with E-state index < -0.39 is 0 Å². The van der Waals surface area contributed by atoms with E-state index in [0.29, 0.717) is 12.0 Å². The van der Waals surface area contributed by atoms with E-state index in [4.69, 9.17) is 4.55 Å². The molecule has 1 fully saturated rings. The van der Waals surface area contributed by atoms with Gasteiger partial charge in [-0.15, -0.1) is 0 Å². The first-order valence-corrected chi connectivity index (χ1v) is 12.4. The lowest BCUT2D eigenvalue weighted by molar-refractivity contribution is 0.589. The minimum atomic E-state index is -0.187. The van der Waals surface area contributed by atoms with Crippen LogP contribution in [0, 0.1) is 5.82 Å². The number of nitrogens with zero attached hydrogens (tertiary/aromatic N) is 3. The summed E-state index contributed by atoms with van der Waals surface area (Å²) < 4.78 is 22.5. The second kappa shape index (κ2) is 14.3. The molecule has 0 bridgehead atoms. The van der Waals surface area contributed by atoms with E-state index in [0.717, 1.165) is 60.6 Å². The summed E-state index contributed by atoms with van der Waals surface area (Å²) in [6.07, 6.45) is 8.47. The predicted molar refractivity (Wildman–Crippen MR) is 145 cm³/mol. The highest BCUT2D eigenvalue weighted by molar-refractivity contribution is 7.93. The van der Waals surface area contributed by atoms with Crippen LogP contribution >= 0.6 is 12.0 Å². The number of hydrogen-bond acceptors (Lipinski definition) is 6. The number of halogens is 1. The van der Waals surface area contributed by atoms with E-state index in [9.17, 15) is 4.39 Å². The van der Waals surface area contributed by atoms with E-state index in [1.165, 1.54) is 11.3 Å². The molecule has 4 aromatic rings. The molecule has 6 nitrogen and oxygen atoms in total. The smallest absolute Gasteiger partial charge is 0.124 e. The van der Waals surface area contributed by atoms with Crippen LogP contribution in [0.5, 0.6) is 0 Å². The lowest BCUT2D eigenvalue weighted by Gasteiger charge is -2.29. The van der Waals surface area contributed by atoms with Crippen LogP contribution in [0.3, 0.4) is 0 Å². The Balaban J connectivity index is 0.000000344. The summed E-state index contributed by atoms with van der Waals surface area (Å²) in [6, 6.07) is 21.5. The van der Waals surface area contributed by atoms with Crippen molar-refractivity contribution in [2.75, 3.05) is 31.1 Å². The van der Waals surface area contributed by atoms with Crippen molar-refractivity contribution in [2.45, 2.75) is 17.7 Å². The third-order valence-corrected chi connectivity index (χ3v) is 6.28. The summed E-state index contributed by atoms with van der Waals surface area (Å²) in [5.41, 5.74) is 5.48. The minimum absolute atomic E-state index is 0. The highest BCUT2D eigenvalue weighted by atomic mass is 32.2. The fraction of sp³-hybridized carbons (Fsp3) is 0.214. The van der Waals surface area contributed by atoms with Crippen molar-refractivity contribution in [2.24, 2.45) is 0 Å². The molecule has 0 radical (unpaired) electrons. The number of rotatable bonds is 6. The van der Waals surface area contributed by atoms with Crippen LogP contribution in [0.25, 0.3) is 11.1 Å². The second-order valence-corrected chi connectivity index (χ2v) is 8.92. The number of benzene rings is 2. The lowest BCUT2D eigenvalue weighted by atomic mass is 9.99. The molecule has 0 spiro atoms. The Morgan fingerprint density at radius 3 is 2.19 bits per heavy atom. The number of aromatic nitrogens is 2. The van der Waals surface area contributed by atoms with Gasteiger partial charge in [-0.2, -0.15) is 0 Å². The molecule has 0 aliphatic carbocycles. The summed E-state index contributed by atoms with van der Waals surface area (Å²) in [5, 5.41) is 3.38. The van der Waals surface area contributed by atoms with E-state index >= 15 is 0 Å². The SMILES string of the molecule is Fc1cc(CCc2ccc(N3CCNCC3)cc2)cc(-c2ccncc2)c1.O.OSc1cccnc1. The number of anilines is 1. The summed E-state index contributed by atoms with van der Waals surface area (Å²) in [7, 11) is 0. The predicted octanol–water partition coefficient (Wildman–Crippen LogP) is 4.90. The third-order valence-electron chi connectivity index (χ3n) is 5.83. The summed E-state index contributed by atoms with van der Waals surface area (Å²) >= 11 is 0.706. The van der Waals surface area contributed by atoms with Gasteiger partial charge < -0.3 is 20.2 Å². The van der Waals surface area contributed by atoms with Crippen molar-refractivity contribution in [1.29, 1.82) is 0 Å². The van der Waals surface area contributed by atoms with Crippen molar-refractivity contribution in [3.8, 4) is 11.1 Å². The molecule has 0 amide bonds. The molecule has 1 aliphatic rings. The van der Waals surface area contributed by atoms with Crippen molar-refractivity contribution in [3.63, 3.8) is 0 Å². The fourth-order valence-corrected chi connectivity index (χ4v) is 4.24. The quantitative estimate of drug-likeness (QED) is 0.361. The second-order valence-electron chi connectivity index (χ2n) is 8.27. The Morgan fingerprint density at radius 1 is 0.833 bits per heavy atom. The van der Waals surface area contributed by atoms with Crippen LogP contribution in [-0.4, -0.2) is 46.2 Å². The lowest BCUT2D eigenvalue weighted by Crippen LogP contribution is -2.43. The Kier molecular flexibility index (Phi) is 10.8. The molecule has 1 saturated heterocycles. The highest BCUT2D eigenvalue weighted by Gasteiger charge is 2.10. The van der Waals surface area contributed by atoms with Crippen molar-refractivity contribution < 1.29 is 14.4 Å². The molecule has 0 saturated carbocycles. The maximum atomic E-state index is 14.1. The van der Waals surface area contributed by atoms with E-state index in [2.05, 4.69) is 50.5 Å². The highest BCUT2D eigenvalue weighted by Crippen LogP contribution is 2.23. The Hall–Kier alpha value is -3.30. The van der Waals surface area contributed by atoms with Crippen molar-refractivity contribution in [3.05, 3.63) is 108 Å². The Morgan fingerprint density at radius 2 is 1.56 bits per heavy atom. The molecule has 0 atom stereocenters. The number of pyridine rings is 2. The van der Waals surface area contributed by atoms with Crippen molar-refractivity contribution in [1.82, 2.24) is 15.3 Å². The van der Waals surface area contributed by atoms with Gasteiger partial charge in [0.25, 0.3) is 0 Å². The van der Waals surface area contributed by atoms with Crippen molar-refractivity contribution >= 4 is 17.7 Å². The van der Waals surface area contributed by atoms with Crippen LogP contribution in [-0.2, 0) is 12.8 Å². The molecule has 0 unspecified atom stereocenters. The molecule has 2 aromatic heterocycles. The first kappa shape index (κ1) is 27.3. The summed E-state index contributed by atoms with van der Waals surface area (Å²) in [4.78, 5) is 11.0. The van der Waals surface area contributed by atoms with Gasteiger partial charge in [-0.1, -0.05) is 18.2 Å². The fourth-order valence-electron chi connectivity index (χ4n) is 3.99. The zero-order valence-electron chi connectivity index (χ0n) is 20.0. The van der Waals surface area contributed by atoms with Gasteiger partial charge in [0, 0.05) is 68.7 Å². The van der Waals surface area contributed by atoms with Gasteiger partial charge in [-0.3, -0.25) is 9.97 Å². The van der Waals surface area contributed by atoms with E-state index in [1.807, 2.05) is 12.1 Å². The van der Waals surface area contributed by atoms with E-state index in [1.54, 1.807) is 49.1 Å². The van der Waals surface area contributed by atoms with Gasteiger partial charge in [-0.05, 0) is 83.6 Å².